The van der Waals surface area contributed by atoms with Gasteiger partial charge in [0.2, 0.25) is 11.8 Å². The molecule has 1 saturated carbocycles. The molecule has 1 aliphatic heterocycles. The highest BCUT2D eigenvalue weighted by molar-refractivity contribution is 6.35. The zero-order valence-corrected chi connectivity index (χ0v) is 12.9. The molecule has 2 amide bonds. The minimum atomic E-state index is -0.321. The van der Waals surface area contributed by atoms with Gasteiger partial charge in [0.15, 0.2) is 0 Å². The molecule has 3 rings (SSSR count). The van der Waals surface area contributed by atoms with E-state index < -0.39 is 0 Å². The average molecular weight is 327 g/mol. The van der Waals surface area contributed by atoms with Crippen molar-refractivity contribution in [3.63, 3.8) is 0 Å². The number of halogens is 2. The molecule has 112 valence electrons. The van der Waals surface area contributed by atoms with E-state index in [0.29, 0.717) is 29.6 Å². The topological polar surface area (TPSA) is 63.4 Å². The molecule has 2 N–H and O–H groups in total. The summed E-state index contributed by atoms with van der Waals surface area (Å²) in [6.45, 7) is 1.07. The van der Waals surface area contributed by atoms with Gasteiger partial charge in [-0.1, -0.05) is 29.3 Å². The maximum atomic E-state index is 12.4. The Balaban J connectivity index is 1.65. The van der Waals surface area contributed by atoms with Crippen molar-refractivity contribution in [3.8, 4) is 0 Å². The van der Waals surface area contributed by atoms with Gasteiger partial charge in [-0.05, 0) is 36.5 Å². The van der Waals surface area contributed by atoms with Gasteiger partial charge in [-0.25, -0.2) is 0 Å². The number of primary amides is 1. The van der Waals surface area contributed by atoms with Crippen LogP contribution in [0.3, 0.4) is 0 Å². The second kappa shape index (κ2) is 5.50. The van der Waals surface area contributed by atoms with E-state index in [4.69, 9.17) is 28.9 Å². The van der Waals surface area contributed by atoms with Gasteiger partial charge in [0, 0.05) is 29.1 Å². The van der Waals surface area contributed by atoms with Crippen LogP contribution in [0.25, 0.3) is 0 Å². The maximum Gasteiger partial charge on any atom is 0.226 e. The summed E-state index contributed by atoms with van der Waals surface area (Å²) >= 11 is 12.1. The van der Waals surface area contributed by atoms with E-state index in [-0.39, 0.29) is 29.6 Å². The molecule has 0 spiro atoms. The summed E-state index contributed by atoms with van der Waals surface area (Å²) in [4.78, 5) is 25.4. The van der Waals surface area contributed by atoms with E-state index >= 15 is 0 Å². The van der Waals surface area contributed by atoms with Crippen molar-refractivity contribution < 1.29 is 9.59 Å². The number of carbonyl (C=O) groups excluding carboxylic acids is 2. The summed E-state index contributed by atoms with van der Waals surface area (Å²) in [5.74, 6) is -0.288. The second-order valence-electron chi connectivity index (χ2n) is 5.79. The predicted octanol–water partition coefficient (Wildman–Crippen LogP) is 2.43. The van der Waals surface area contributed by atoms with Crippen molar-refractivity contribution in [3.05, 3.63) is 33.8 Å². The first-order valence-electron chi connectivity index (χ1n) is 7.00. The minimum Gasteiger partial charge on any atom is -0.369 e. The van der Waals surface area contributed by atoms with Crippen LogP contribution in [0.4, 0.5) is 0 Å². The lowest BCUT2D eigenvalue weighted by atomic mass is 10.1. The molecule has 4 nitrogen and oxygen atoms in total. The van der Waals surface area contributed by atoms with E-state index in [1.807, 2.05) is 6.07 Å². The number of likely N-dealkylation sites (tertiary alicyclic amines) is 1. The van der Waals surface area contributed by atoms with Crippen LogP contribution in [0.5, 0.6) is 0 Å². The van der Waals surface area contributed by atoms with Crippen molar-refractivity contribution >= 4 is 35.0 Å². The third-order valence-electron chi connectivity index (χ3n) is 4.37. The molecule has 0 aromatic heterocycles. The number of benzene rings is 1. The third kappa shape index (κ3) is 2.87. The van der Waals surface area contributed by atoms with E-state index in [2.05, 4.69) is 0 Å². The van der Waals surface area contributed by atoms with Crippen LogP contribution in [0.15, 0.2) is 18.2 Å². The van der Waals surface area contributed by atoms with Crippen LogP contribution in [0, 0.1) is 11.8 Å². The van der Waals surface area contributed by atoms with E-state index in [9.17, 15) is 9.59 Å². The monoisotopic (exact) mass is 326 g/mol. The Hall–Kier alpha value is -1.26. The largest absolute Gasteiger partial charge is 0.369 e. The van der Waals surface area contributed by atoms with Gasteiger partial charge in [-0.3, -0.25) is 9.59 Å². The van der Waals surface area contributed by atoms with Crippen molar-refractivity contribution in [2.45, 2.75) is 18.8 Å². The molecule has 2 fully saturated rings. The molecule has 0 bridgehead atoms. The van der Waals surface area contributed by atoms with Gasteiger partial charge < -0.3 is 10.6 Å². The van der Waals surface area contributed by atoms with Crippen LogP contribution in [-0.2, 0) is 9.59 Å². The number of hydrogen-bond acceptors (Lipinski definition) is 2. The van der Waals surface area contributed by atoms with Crippen molar-refractivity contribution in [1.29, 1.82) is 0 Å². The molecule has 6 heteroatoms. The van der Waals surface area contributed by atoms with Gasteiger partial charge in [-0.2, -0.15) is 0 Å². The molecule has 1 aliphatic carbocycles. The zero-order chi connectivity index (χ0) is 15.1. The van der Waals surface area contributed by atoms with Gasteiger partial charge >= 0.3 is 0 Å². The third-order valence-corrected chi connectivity index (χ3v) is 4.93. The lowest BCUT2D eigenvalue weighted by Gasteiger charge is -2.16. The fourth-order valence-electron chi connectivity index (χ4n) is 3.04. The lowest BCUT2D eigenvalue weighted by molar-refractivity contribution is -0.131. The molecule has 1 aromatic carbocycles. The van der Waals surface area contributed by atoms with E-state index in [1.54, 1.807) is 17.0 Å². The number of amides is 2. The Labute approximate surface area is 133 Å². The first kappa shape index (κ1) is 14.7. The molecule has 21 heavy (non-hydrogen) atoms. The Bertz CT molecular complexity index is 605. The second-order valence-corrected chi connectivity index (χ2v) is 6.63. The molecule has 3 atom stereocenters. The van der Waals surface area contributed by atoms with Crippen molar-refractivity contribution in [1.82, 2.24) is 4.90 Å². The lowest BCUT2D eigenvalue weighted by Crippen LogP contribution is -2.33. The Morgan fingerprint density at radius 1 is 1.29 bits per heavy atom. The molecule has 1 heterocycles. The van der Waals surface area contributed by atoms with Gasteiger partial charge in [0.25, 0.3) is 0 Å². The van der Waals surface area contributed by atoms with Crippen LogP contribution < -0.4 is 5.73 Å². The quantitative estimate of drug-likeness (QED) is 0.927. The molecule has 0 radical (unpaired) electrons. The highest BCUT2D eigenvalue weighted by Gasteiger charge is 2.47. The average Bonchev–Trinajstić information content (AvgIpc) is 3.04. The summed E-state index contributed by atoms with van der Waals surface area (Å²) in [5, 5.41) is 1.20. The SMILES string of the molecule is NC(=O)[C@@H]1CCN(C(=O)[C@@H]2C[C@H]2c2ccc(Cl)cc2Cl)C1. The zero-order valence-electron chi connectivity index (χ0n) is 11.4. The summed E-state index contributed by atoms with van der Waals surface area (Å²) in [6, 6.07) is 5.39. The number of nitrogens with zero attached hydrogens (tertiary/aromatic N) is 1. The summed E-state index contributed by atoms with van der Waals surface area (Å²) in [6.07, 6.45) is 1.47. The highest BCUT2D eigenvalue weighted by atomic mass is 35.5. The first-order valence-corrected chi connectivity index (χ1v) is 7.76. The van der Waals surface area contributed by atoms with Crippen LogP contribution in [0.2, 0.25) is 10.0 Å². The normalized spacial score (nSPS) is 27.7. The Kier molecular flexibility index (Phi) is 3.84. The predicted molar refractivity (Wildman–Crippen MR) is 81.2 cm³/mol. The minimum absolute atomic E-state index is 0.0321. The van der Waals surface area contributed by atoms with E-state index in [1.165, 1.54) is 0 Å². The fraction of sp³-hybridized carbons (Fsp3) is 0.467. The molecule has 1 aromatic rings. The highest BCUT2D eigenvalue weighted by Crippen LogP contribution is 2.51. The van der Waals surface area contributed by atoms with Crippen LogP contribution in [-0.4, -0.2) is 29.8 Å². The fourth-order valence-corrected chi connectivity index (χ4v) is 3.59. The number of nitrogens with two attached hydrogens (primary N) is 1. The summed E-state index contributed by atoms with van der Waals surface area (Å²) in [5.41, 5.74) is 6.27. The Morgan fingerprint density at radius 3 is 2.67 bits per heavy atom. The van der Waals surface area contributed by atoms with Gasteiger partial charge in [0.1, 0.15) is 0 Å². The maximum absolute atomic E-state index is 12.4. The first-order chi connectivity index (χ1) is 9.97. The molecule has 1 saturated heterocycles. The van der Waals surface area contributed by atoms with Crippen molar-refractivity contribution in [2.75, 3.05) is 13.1 Å². The molecule has 0 unspecified atom stereocenters. The number of rotatable bonds is 3. The van der Waals surface area contributed by atoms with Gasteiger partial charge in [-0.15, -0.1) is 0 Å². The molecular formula is C15H16Cl2N2O2. The number of hydrogen-bond donors (Lipinski definition) is 1. The molecular weight excluding hydrogens is 311 g/mol. The van der Waals surface area contributed by atoms with Crippen molar-refractivity contribution in [2.24, 2.45) is 17.6 Å². The van der Waals surface area contributed by atoms with Crippen LogP contribution >= 0.6 is 23.2 Å². The van der Waals surface area contributed by atoms with E-state index in [0.717, 1.165) is 12.0 Å². The smallest absolute Gasteiger partial charge is 0.226 e. The standard InChI is InChI=1S/C15H16Cl2N2O2/c16-9-1-2-10(13(17)5-9)11-6-12(11)15(21)19-4-3-8(7-19)14(18)20/h1-2,5,8,11-12H,3-4,6-7H2,(H2,18,20)/t8-,11+,12-/m1/s1. The van der Waals surface area contributed by atoms with Gasteiger partial charge in [0.05, 0.1) is 5.92 Å². The summed E-state index contributed by atoms with van der Waals surface area (Å²) < 4.78 is 0. The number of carbonyl (C=O) groups is 2. The Morgan fingerprint density at radius 2 is 2.05 bits per heavy atom. The summed E-state index contributed by atoms with van der Waals surface area (Å²) in [7, 11) is 0. The van der Waals surface area contributed by atoms with Crippen LogP contribution in [0.1, 0.15) is 24.3 Å². The molecule has 2 aliphatic rings.